The Balaban J connectivity index is 1.29. The van der Waals surface area contributed by atoms with Crippen molar-refractivity contribution in [3.8, 4) is 0 Å². The van der Waals surface area contributed by atoms with Crippen LogP contribution in [0.1, 0.15) is 33.4 Å². The van der Waals surface area contributed by atoms with Crippen molar-refractivity contribution in [3.05, 3.63) is 44.8 Å². The van der Waals surface area contributed by atoms with Crippen molar-refractivity contribution < 1.29 is 14.3 Å². The summed E-state index contributed by atoms with van der Waals surface area (Å²) < 4.78 is 5.49. The molecule has 4 heterocycles. The number of ether oxygens (including phenoxy) is 1. The zero-order valence-corrected chi connectivity index (χ0v) is 18.1. The van der Waals surface area contributed by atoms with Crippen LogP contribution >= 0.6 is 22.7 Å². The Kier molecular flexibility index (Phi) is 6.97. The summed E-state index contributed by atoms with van der Waals surface area (Å²) in [5.41, 5.74) is 0. The minimum atomic E-state index is -0.0175. The lowest BCUT2D eigenvalue weighted by atomic mass is 9.95. The lowest BCUT2D eigenvalue weighted by Gasteiger charge is -2.35. The van der Waals surface area contributed by atoms with E-state index in [4.69, 9.17) is 4.74 Å². The van der Waals surface area contributed by atoms with E-state index < -0.39 is 0 Å². The molecule has 2 aliphatic heterocycles. The van der Waals surface area contributed by atoms with Crippen LogP contribution < -0.4 is 5.32 Å². The quantitative estimate of drug-likeness (QED) is 0.761. The minimum Gasteiger partial charge on any atom is -0.379 e. The average Bonchev–Trinajstić information content (AvgIpc) is 3.49. The van der Waals surface area contributed by atoms with Crippen molar-refractivity contribution in [2.45, 2.75) is 18.9 Å². The largest absolute Gasteiger partial charge is 0.379 e. The van der Waals surface area contributed by atoms with Crippen molar-refractivity contribution in [3.63, 3.8) is 0 Å². The molecule has 2 amide bonds. The molecule has 4 rings (SSSR count). The third kappa shape index (κ3) is 5.06. The van der Waals surface area contributed by atoms with Crippen molar-refractivity contribution in [2.24, 2.45) is 5.92 Å². The fourth-order valence-corrected chi connectivity index (χ4v) is 5.57. The molecule has 0 aromatic carbocycles. The molecule has 0 saturated carbocycles. The number of rotatable bonds is 6. The van der Waals surface area contributed by atoms with Crippen LogP contribution in [0.2, 0.25) is 0 Å². The molecule has 1 unspecified atom stereocenters. The molecule has 2 aliphatic rings. The molecule has 0 aliphatic carbocycles. The second-order valence-electron chi connectivity index (χ2n) is 7.47. The van der Waals surface area contributed by atoms with Gasteiger partial charge in [0.25, 0.3) is 5.91 Å². The maximum absolute atomic E-state index is 12.8. The number of carbonyl (C=O) groups is 2. The Morgan fingerprint density at radius 3 is 2.45 bits per heavy atom. The third-order valence-electron chi connectivity index (χ3n) is 5.71. The zero-order valence-electron chi connectivity index (χ0n) is 16.4. The molecular formula is C21H27N3O3S2. The van der Waals surface area contributed by atoms with Crippen LogP contribution in [0, 0.1) is 5.92 Å². The number of morpholine rings is 1. The van der Waals surface area contributed by atoms with E-state index in [2.05, 4.69) is 27.7 Å². The fraction of sp³-hybridized carbons (Fsp3) is 0.524. The molecule has 2 saturated heterocycles. The molecular weight excluding hydrogens is 406 g/mol. The van der Waals surface area contributed by atoms with E-state index >= 15 is 0 Å². The standard InChI is InChI=1S/C21H27N3O3S2/c25-20(16-5-7-24(8-6-16)21(26)19-4-2-14-29-19)22-15-17(18-3-1-13-28-18)23-9-11-27-12-10-23/h1-4,13-14,16-17H,5-12,15H2,(H,22,25). The SMILES string of the molecule is O=C(NCC(c1cccs1)N1CCOCC1)C1CCN(C(=O)c2cccs2)CC1. The number of carbonyl (C=O) groups excluding carboxylic acids is 2. The van der Waals surface area contributed by atoms with Crippen LogP contribution in [-0.4, -0.2) is 67.6 Å². The van der Waals surface area contributed by atoms with Gasteiger partial charge in [-0.15, -0.1) is 22.7 Å². The molecule has 1 N–H and O–H groups in total. The molecule has 2 fully saturated rings. The highest BCUT2D eigenvalue weighted by Gasteiger charge is 2.29. The summed E-state index contributed by atoms with van der Waals surface area (Å²) in [6.07, 6.45) is 1.45. The molecule has 1 atom stereocenters. The van der Waals surface area contributed by atoms with Crippen LogP contribution in [0.25, 0.3) is 0 Å². The molecule has 0 spiro atoms. The van der Waals surface area contributed by atoms with Crippen LogP contribution in [-0.2, 0) is 9.53 Å². The van der Waals surface area contributed by atoms with E-state index in [9.17, 15) is 9.59 Å². The van der Waals surface area contributed by atoms with E-state index in [1.165, 1.54) is 16.2 Å². The van der Waals surface area contributed by atoms with E-state index in [1.54, 1.807) is 11.3 Å². The highest BCUT2D eigenvalue weighted by Crippen LogP contribution is 2.26. The first kappa shape index (κ1) is 20.5. The van der Waals surface area contributed by atoms with E-state index in [-0.39, 0.29) is 23.8 Å². The zero-order chi connectivity index (χ0) is 20.1. The predicted molar refractivity (Wildman–Crippen MR) is 115 cm³/mol. The lowest BCUT2D eigenvalue weighted by Crippen LogP contribution is -2.46. The normalized spacial score (nSPS) is 19.8. The van der Waals surface area contributed by atoms with Crippen molar-refractivity contribution in [2.75, 3.05) is 45.9 Å². The predicted octanol–water partition coefficient (Wildman–Crippen LogP) is 2.85. The van der Waals surface area contributed by atoms with Gasteiger partial charge >= 0.3 is 0 Å². The number of piperidine rings is 1. The number of thiophene rings is 2. The first-order chi connectivity index (χ1) is 14.2. The number of hydrogen-bond acceptors (Lipinski definition) is 6. The molecule has 8 heteroatoms. The smallest absolute Gasteiger partial charge is 0.263 e. The maximum Gasteiger partial charge on any atom is 0.263 e. The number of amides is 2. The monoisotopic (exact) mass is 433 g/mol. The molecule has 156 valence electrons. The number of nitrogens with one attached hydrogen (secondary N) is 1. The third-order valence-corrected chi connectivity index (χ3v) is 7.54. The van der Waals surface area contributed by atoms with Crippen molar-refractivity contribution in [1.29, 1.82) is 0 Å². The van der Waals surface area contributed by atoms with Crippen LogP contribution in [0.3, 0.4) is 0 Å². The summed E-state index contributed by atoms with van der Waals surface area (Å²) >= 11 is 3.21. The van der Waals surface area contributed by atoms with Gasteiger partial charge in [0, 0.05) is 43.5 Å². The molecule has 2 aromatic heterocycles. The van der Waals surface area contributed by atoms with Gasteiger partial charge in [0.05, 0.1) is 24.1 Å². The Morgan fingerprint density at radius 2 is 1.79 bits per heavy atom. The fourth-order valence-electron chi connectivity index (χ4n) is 4.02. The highest BCUT2D eigenvalue weighted by atomic mass is 32.1. The summed E-state index contributed by atoms with van der Waals surface area (Å²) in [4.78, 5) is 31.6. The average molecular weight is 434 g/mol. The molecule has 29 heavy (non-hydrogen) atoms. The Morgan fingerprint density at radius 1 is 1.07 bits per heavy atom. The van der Waals surface area contributed by atoms with Gasteiger partial charge in [0.2, 0.25) is 5.91 Å². The Bertz CT molecular complexity index is 780. The van der Waals surface area contributed by atoms with Gasteiger partial charge in [-0.25, -0.2) is 0 Å². The minimum absolute atomic E-state index is 0.0175. The van der Waals surface area contributed by atoms with E-state index in [0.29, 0.717) is 19.6 Å². The number of nitrogens with zero attached hydrogens (tertiary/aromatic N) is 2. The van der Waals surface area contributed by atoms with Gasteiger partial charge in [0.1, 0.15) is 0 Å². The van der Waals surface area contributed by atoms with Gasteiger partial charge in [-0.1, -0.05) is 12.1 Å². The Labute approximate surface area is 179 Å². The lowest BCUT2D eigenvalue weighted by molar-refractivity contribution is -0.126. The second-order valence-corrected chi connectivity index (χ2v) is 9.40. The molecule has 0 bridgehead atoms. The van der Waals surface area contributed by atoms with Gasteiger partial charge in [0.15, 0.2) is 0 Å². The van der Waals surface area contributed by atoms with E-state index in [1.807, 2.05) is 22.4 Å². The van der Waals surface area contributed by atoms with Gasteiger partial charge < -0.3 is 15.0 Å². The molecule has 2 aromatic rings. The van der Waals surface area contributed by atoms with Crippen LogP contribution in [0.15, 0.2) is 35.0 Å². The summed E-state index contributed by atoms with van der Waals surface area (Å²) in [5.74, 6) is 0.183. The summed E-state index contributed by atoms with van der Waals surface area (Å²) in [6.45, 7) is 5.18. The number of likely N-dealkylation sites (tertiary alicyclic amines) is 1. The van der Waals surface area contributed by atoms with E-state index in [0.717, 1.165) is 44.0 Å². The van der Waals surface area contributed by atoms with Crippen LogP contribution in [0.4, 0.5) is 0 Å². The highest BCUT2D eigenvalue weighted by molar-refractivity contribution is 7.12. The van der Waals surface area contributed by atoms with Gasteiger partial charge in [-0.2, -0.15) is 0 Å². The topological polar surface area (TPSA) is 61.9 Å². The van der Waals surface area contributed by atoms with Crippen LogP contribution in [0.5, 0.6) is 0 Å². The summed E-state index contributed by atoms with van der Waals surface area (Å²) in [6, 6.07) is 8.17. The maximum atomic E-state index is 12.8. The molecule has 6 nitrogen and oxygen atoms in total. The molecule has 0 radical (unpaired) electrons. The first-order valence-corrected chi connectivity index (χ1v) is 11.9. The first-order valence-electron chi connectivity index (χ1n) is 10.2. The van der Waals surface area contributed by atoms with Gasteiger partial charge in [-0.05, 0) is 35.7 Å². The summed E-state index contributed by atoms with van der Waals surface area (Å²) in [7, 11) is 0. The van der Waals surface area contributed by atoms with Crippen molar-refractivity contribution in [1.82, 2.24) is 15.1 Å². The van der Waals surface area contributed by atoms with Gasteiger partial charge in [-0.3, -0.25) is 14.5 Å². The second kappa shape index (κ2) is 9.84. The Hall–Kier alpha value is -1.74. The number of hydrogen-bond donors (Lipinski definition) is 1. The summed E-state index contributed by atoms with van der Waals surface area (Å²) in [5, 5.41) is 7.20. The van der Waals surface area contributed by atoms with Crippen molar-refractivity contribution >= 4 is 34.5 Å².